The first-order chi connectivity index (χ1) is 7.59. The predicted octanol–water partition coefficient (Wildman–Crippen LogP) is 0.284. The lowest BCUT2D eigenvalue weighted by Gasteiger charge is -2.23. The van der Waals surface area contributed by atoms with Gasteiger partial charge in [0.25, 0.3) is 5.91 Å². The van der Waals surface area contributed by atoms with E-state index in [2.05, 4.69) is 10.3 Å². The van der Waals surface area contributed by atoms with Gasteiger partial charge in [-0.15, -0.1) is 0 Å². The van der Waals surface area contributed by atoms with Gasteiger partial charge in [0.2, 0.25) is 5.56 Å². The van der Waals surface area contributed by atoms with Gasteiger partial charge in [0.15, 0.2) is 0 Å². The van der Waals surface area contributed by atoms with Crippen LogP contribution in [0.1, 0.15) is 23.7 Å². The molecule has 16 heavy (non-hydrogen) atoms. The van der Waals surface area contributed by atoms with Crippen LogP contribution in [0.4, 0.5) is 0 Å². The number of hydrogen-bond donors (Lipinski definition) is 2. The van der Waals surface area contributed by atoms with Crippen molar-refractivity contribution in [2.45, 2.75) is 18.9 Å². The van der Waals surface area contributed by atoms with Crippen LogP contribution < -0.4 is 10.9 Å². The van der Waals surface area contributed by atoms with Crippen molar-refractivity contribution in [1.29, 1.82) is 0 Å². The van der Waals surface area contributed by atoms with Gasteiger partial charge in [-0.05, 0) is 19.4 Å². The second-order valence-corrected chi connectivity index (χ2v) is 4.26. The molecule has 1 amide bonds. The van der Waals surface area contributed by atoms with E-state index >= 15 is 0 Å². The summed E-state index contributed by atoms with van der Waals surface area (Å²) in [6, 6.07) is 2.87. The fourth-order valence-electron chi connectivity index (χ4n) is 1.70. The van der Waals surface area contributed by atoms with E-state index in [0.717, 1.165) is 6.42 Å². The highest BCUT2D eigenvalue weighted by atomic mass is 16.5. The van der Waals surface area contributed by atoms with Crippen molar-refractivity contribution in [1.82, 2.24) is 10.3 Å². The first kappa shape index (κ1) is 10.9. The van der Waals surface area contributed by atoms with Crippen molar-refractivity contribution in [3.05, 3.63) is 34.2 Å². The van der Waals surface area contributed by atoms with E-state index in [0.29, 0.717) is 18.8 Å². The van der Waals surface area contributed by atoms with Crippen LogP contribution in [-0.4, -0.2) is 29.6 Å². The Hall–Kier alpha value is -1.62. The number of aromatic nitrogens is 1. The topological polar surface area (TPSA) is 71.2 Å². The largest absolute Gasteiger partial charge is 0.379 e. The average Bonchev–Trinajstić information content (AvgIpc) is 2.65. The molecule has 1 unspecified atom stereocenters. The Balaban J connectivity index is 2.11. The molecular formula is C11H14N2O3. The summed E-state index contributed by atoms with van der Waals surface area (Å²) in [6.07, 6.45) is 2.26. The summed E-state index contributed by atoms with van der Waals surface area (Å²) in [7, 11) is 0. The van der Waals surface area contributed by atoms with Crippen molar-refractivity contribution < 1.29 is 9.53 Å². The van der Waals surface area contributed by atoms with Crippen molar-refractivity contribution in [3.63, 3.8) is 0 Å². The highest BCUT2D eigenvalue weighted by molar-refractivity contribution is 5.94. The zero-order valence-corrected chi connectivity index (χ0v) is 9.08. The van der Waals surface area contributed by atoms with Crippen LogP contribution in [0.2, 0.25) is 0 Å². The van der Waals surface area contributed by atoms with E-state index in [1.807, 2.05) is 6.92 Å². The van der Waals surface area contributed by atoms with E-state index in [4.69, 9.17) is 4.74 Å². The predicted molar refractivity (Wildman–Crippen MR) is 58.4 cm³/mol. The van der Waals surface area contributed by atoms with E-state index in [1.54, 1.807) is 6.07 Å². The molecule has 0 bridgehead atoms. The molecule has 5 nitrogen and oxygen atoms in total. The lowest BCUT2D eigenvalue weighted by atomic mass is 10.0. The number of pyridine rings is 1. The third kappa shape index (κ3) is 2.30. The maximum atomic E-state index is 11.8. The Kier molecular flexibility index (Phi) is 2.78. The van der Waals surface area contributed by atoms with Gasteiger partial charge in [0.1, 0.15) is 0 Å². The smallest absolute Gasteiger partial charge is 0.252 e. The Labute approximate surface area is 92.8 Å². The van der Waals surface area contributed by atoms with Crippen molar-refractivity contribution in [2.75, 3.05) is 13.2 Å². The minimum absolute atomic E-state index is 0.237. The molecule has 0 spiro atoms. The van der Waals surface area contributed by atoms with Gasteiger partial charge < -0.3 is 15.0 Å². The van der Waals surface area contributed by atoms with Crippen molar-refractivity contribution in [3.8, 4) is 0 Å². The quantitative estimate of drug-likeness (QED) is 0.755. The van der Waals surface area contributed by atoms with Gasteiger partial charge in [-0.3, -0.25) is 9.59 Å². The van der Waals surface area contributed by atoms with Crippen LogP contribution in [0.25, 0.3) is 0 Å². The number of carbonyl (C=O) groups excluding carboxylic acids is 1. The number of amides is 1. The van der Waals surface area contributed by atoms with Gasteiger partial charge in [-0.2, -0.15) is 0 Å². The molecule has 2 heterocycles. The molecule has 0 saturated carbocycles. The van der Waals surface area contributed by atoms with Crippen LogP contribution in [0.5, 0.6) is 0 Å². The zero-order chi connectivity index (χ0) is 11.6. The number of H-pyrrole nitrogens is 1. The van der Waals surface area contributed by atoms with Crippen LogP contribution in [0.15, 0.2) is 23.1 Å². The highest BCUT2D eigenvalue weighted by Crippen LogP contribution is 2.17. The molecule has 1 saturated heterocycles. The third-order valence-corrected chi connectivity index (χ3v) is 2.67. The number of hydrogen-bond acceptors (Lipinski definition) is 3. The maximum absolute atomic E-state index is 11.8. The monoisotopic (exact) mass is 222 g/mol. The minimum Gasteiger partial charge on any atom is -0.379 e. The van der Waals surface area contributed by atoms with Crippen LogP contribution >= 0.6 is 0 Å². The Bertz CT molecular complexity index is 447. The molecule has 1 aliphatic rings. The Morgan fingerprint density at radius 2 is 2.44 bits per heavy atom. The maximum Gasteiger partial charge on any atom is 0.252 e. The van der Waals surface area contributed by atoms with Crippen molar-refractivity contribution in [2.24, 2.45) is 0 Å². The second-order valence-electron chi connectivity index (χ2n) is 4.26. The summed E-state index contributed by atoms with van der Waals surface area (Å²) in [5.74, 6) is -0.237. The van der Waals surface area contributed by atoms with Gasteiger partial charge >= 0.3 is 0 Å². The number of aromatic amines is 1. The molecule has 86 valence electrons. The van der Waals surface area contributed by atoms with Gasteiger partial charge in [-0.25, -0.2) is 0 Å². The minimum atomic E-state index is -0.320. The number of carbonyl (C=O) groups is 1. The van der Waals surface area contributed by atoms with Crippen LogP contribution in [0, 0.1) is 0 Å². The van der Waals surface area contributed by atoms with Gasteiger partial charge in [0.05, 0.1) is 12.1 Å². The molecule has 2 N–H and O–H groups in total. The molecule has 1 aromatic heterocycles. The lowest BCUT2D eigenvalue weighted by molar-refractivity contribution is 0.0889. The summed E-state index contributed by atoms with van der Waals surface area (Å²) in [5.41, 5.74) is -0.225. The van der Waals surface area contributed by atoms with Crippen LogP contribution in [0.3, 0.4) is 0 Å². The molecule has 1 aromatic rings. The Morgan fingerprint density at radius 1 is 1.62 bits per heavy atom. The summed E-state index contributed by atoms with van der Waals surface area (Å²) >= 11 is 0. The summed E-state index contributed by atoms with van der Waals surface area (Å²) in [4.78, 5) is 25.4. The summed E-state index contributed by atoms with van der Waals surface area (Å²) in [6.45, 7) is 3.11. The molecule has 0 aromatic carbocycles. The molecule has 1 atom stereocenters. The standard InChI is InChI=1S/C11H14N2O3/c1-11(3-5-16-7-11)13-10(15)8-2-4-12-9(14)6-8/h2,4,6H,3,5,7H2,1H3,(H,12,14)(H,13,15). The van der Waals surface area contributed by atoms with Crippen molar-refractivity contribution >= 4 is 5.91 Å². The van der Waals surface area contributed by atoms with E-state index in [9.17, 15) is 9.59 Å². The molecule has 0 aliphatic carbocycles. The molecule has 1 aliphatic heterocycles. The molecule has 0 radical (unpaired) electrons. The Morgan fingerprint density at radius 3 is 3.06 bits per heavy atom. The van der Waals surface area contributed by atoms with E-state index < -0.39 is 0 Å². The number of rotatable bonds is 2. The second kappa shape index (κ2) is 4.09. The molecule has 5 heteroatoms. The average molecular weight is 222 g/mol. The molecule has 2 rings (SSSR count). The molecule has 1 fully saturated rings. The highest BCUT2D eigenvalue weighted by Gasteiger charge is 2.31. The fourth-order valence-corrected chi connectivity index (χ4v) is 1.70. The lowest BCUT2D eigenvalue weighted by Crippen LogP contribution is -2.46. The first-order valence-electron chi connectivity index (χ1n) is 5.18. The van der Waals surface area contributed by atoms with E-state index in [-0.39, 0.29) is 17.0 Å². The summed E-state index contributed by atoms with van der Waals surface area (Å²) in [5, 5.41) is 2.88. The third-order valence-electron chi connectivity index (χ3n) is 2.67. The normalized spacial score (nSPS) is 24.3. The van der Waals surface area contributed by atoms with E-state index in [1.165, 1.54) is 12.3 Å². The summed E-state index contributed by atoms with van der Waals surface area (Å²) < 4.78 is 5.24. The molecular weight excluding hydrogens is 208 g/mol. The van der Waals surface area contributed by atoms with Gasteiger partial charge in [-0.1, -0.05) is 0 Å². The first-order valence-corrected chi connectivity index (χ1v) is 5.18. The fraction of sp³-hybridized carbons (Fsp3) is 0.455. The number of nitrogens with one attached hydrogen (secondary N) is 2. The number of ether oxygens (including phenoxy) is 1. The van der Waals surface area contributed by atoms with Gasteiger partial charge in [0, 0.05) is 24.4 Å². The zero-order valence-electron chi connectivity index (χ0n) is 9.08. The SMILES string of the molecule is CC1(NC(=O)c2cc[nH]c(=O)c2)CCOC1. The van der Waals surface area contributed by atoms with Crippen LogP contribution in [-0.2, 0) is 4.74 Å².